The molecule has 0 aromatic heterocycles. The minimum Gasteiger partial charge on any atom is -0.197 e. The van der Waals surface area contributed by atoms with E-state index in [1.54, 1.807) is 0 Å². The molecule has 3 heteroatoms. The van der Waals surface area contributed by atoms with Gasteiger partial charge in [-0.15, -0.1) is 0 Å². The Balaban J connectivity index is -0.0000000233. The van der Waals surface area contributed by atoms with Crippen LogP contribution in [0.2, 0.25) is 0 Å². The van der Waals surface area contributed by atoms with Crippen molar-refractivity contribution in [1.29, 1.82) is 0 Å². The van der Waals surface area contributed by atoms with Crippen molar-refractivity contribution in [3.05, 3.63) is 48.0 Å². The summed E-state index contributed by atoms with van der Waals surface area (Å²) < 4.78 is 0. The maximum atomic E-state index is 2.99. The smallest absolute Gasteiger partial charge is 0 e. The summed E-state index contributed by atoms with van der Waals surface area (Å²) in [4.78, 5) is 0. The number of hydrogen-bond donors (Lipinski definition) is 0. The van der Waals surface area contributed by atoms with Gasteiger partial charge in [-0.2, -0.15) is 13.5 Å². The molecule has 0 N–H and O–H groups in total. The van der Waals surface area contributed by atoms with Gasteiger partial charge in [0, 0.05) is 49.2 Å². The van der Waals surface area contributed by atoms with E-state index in [0.29, 0.717) is 0 Å². The van der Waals surface area contributed by atoms with Crippen LogP contribution in [0.15, 0.2) is 18.2 Å². The molecular weight excluding hydrogens is 522 g/mol. The fraction of sp³-hybridized carbons (Fsp3) is 0.619. The van der Waals surface area contributed by atoms with Crippen LogP contribution in [0.25, 0.3) is 0 Å². The van der Waals surface area contributed by atoms with Crippen molar-refractivity contribution in [2.45, 2.75) is 89.5 Å². The number of hydrogen-bond acceptors (Lipinski definition) is 0. The molecule has 0 nitrogen and oxygen atoms in total. The molecule has 0 fully saturated rings. The van der Waals surface area contributed by atoms with E-state index in [-0.39, 0.29) is 62.7 Å². The van der Waals surface area contributed by atoms with Gasteiger partial charge in [-0.05, 0) is 36.2 Å². The van der Waals surface area contributed by atoms with Crippen molar-refractivity contribution in [3.8, 4) is 0 Å². The Bertz CT molecular complexity index is 169. The van der Waals surface area contributed by atoms with Crippen LogP contribution in [0, 0.1) is 29.7 Å². The fourth-order valence-corrected chi connectivity index (χ4v) is 0.340. The zero-order chi connectivity index (χ0) is 17.8. The van der Waals surface area contributed by atoms with Gasteiger partial charge in [0.15, 0.2) is 0 Å². The molecule has 1 aliphatic carbocycles. The van der Waals surface area contributed by atoms with Gasteiger partial charge in [0.2, 0.25) is 0 Å². The largest absolute Gasteiger partial charge is 0.197 e. The molecule has 1 aliphatic rings. The third-order valence-corrected chi connectivity index (χ3v) is 0.586. The molecule has 0 heterocycles. The average molecular weight is 567 g/mol. The predicted octanol–water partition coefficient (Wildman–Crippen LogP) is 7.39. The number of rotatable bonds is 0. The summed E-state index contributed by atoms with van der Waals surface area (Å²) in [6.45, 7) is 25.0. The Morgan fingerprint density at radius 2 is 0.833 bits per heavy atom. The predicted molar refractivity (Wildman–Crippen MR) is 127 cm³/mol. The van der Waals surface area contributed by atoms with E-state index < -0.39 is 0 Å². The van der Waals surface area contributed by atoms with E-state index in [1.807, 2.05) is 12.2 Å². The van der Waals surface area contributed by atoms with Crippen LogP contribution in [-0.4, -0.2) is 47.8 Å². The van der Waals surface area contributed by atoms with Crippen LogP contribution < -0.4 is 0 Å². The molecule has 0 bridgehead atoms. The number of allylic oxidation sites excluding steroid dienone is 4. The second-order valence-corrected chi connectivity index (χ2v) is 7.00. The molecule has 13 radical (unpaired) electrons. The van der Waals surface area contributed by atoms with Crippen LogP contribution in [0.4, 0.5) is 0 Å². The van der Waals surface area contributed by atoms with Gasteiger partial charge < -0.3 is 0 Å². The van der Waals surface area contributed by atoms with Crippen molar-refractivity contribution in [1.82, 2.24) is 0 Å². The molecule has 0 amide bonds. The molecule has 0 spiro atoms. The van der Waals surface area contributed by atoms with Crippen LogP contribution in [0.5, 0.6) is 0 Å². The maximum absolute atomic E-state index is 2.99. The normalized spacial score (nSPS) is 9.67. The summed E-state index contributed by atoms with van der Waals surface area (Å²) in [7, 11) is 0. The van der Waals surface area contributed by atoms with Crippen LogP contribution in [-0.2, 0) is 0 Å². The standard InChI is InChI=1S/C5H5.4C4H9.H2S.2Sn.H2/c1-2-4-5-3-1;4*1-4(2)3;;;;/h1-3H,4H2;4*1-3H3;1H2;;;1H. The minimum atomic E-state index is 0. The summed E-state index contributed by atoms with van der Waals surface area (Å²) in [6, 6.07) is 0. The molecule has 0 saturated heterocycles. The fourth-order valence-electron chi connectivity index (χ4n) is 0.340. The minimum absolute atomic E-state index is 0. The summed E-state index contributed by atoms with van der Waals surface area (Å²) in [5.74, 6) is 5.67. The van der Waals surface area contributed by atoms with Gasteiger partial charge in [0.25, 0.3) is 0 Å². The molecule has 1 rings (SSSR count). The van der Waals surface area contributed by atoms with E-state index in [1.165, 1.54) is 23.7 Å². The first-order valence-corrected chi connectivity index (χ1v) is 7.72. The topological polar surface area (TPSA) is 0 Å². The van der Waals surface area contributed by atoms with Crippen molar-refractivity contribution < 1.29 is 1.43 Å². The van der Waals surface area contributed by atoms with E-state index >= 15 is 0 Å². The molecule has 0 atom stereocenters. The van der Waals surface area contributed by atoms with Gasteiger partial charge in [0.05, 0.1) is 0 Å². The van der Waals surface area contributed by atoms with Crippen molar-refractivity contribution >= 4 is 61.3 Å². The van der Waals surface area contributed by atoms with Crippen molar-refractivity contribution in [2.75, 3.05) is 0 Å². The molecule has 0 aliphatic heterocycles. The molecule has 0 unspecified atom stereocenters. The van der Waals surface area contributed by atoms with E-state index in [0.717, 1.165) is 6.42 Å². The van der Waals surface area contributed by atoms with Crippen LogP contribution in [0.3, 0.4) is 0 Å². The summed E-state index contributed by atoms with van der Waals surface area (Å²) in [6.07, 6.45) is 10.0. The maximum Gasteiger partial charge on any atom is 0 e. The van der Waals surface area contributed by atoms with Crippen LogP contribution in [0.1, 0.15) is 90.9 Å². The average Bonchev–Trinajstić information content (AvgIpc) is 2.68. The second-order valence-electron chi connectivity index (χ2n) is 7.00. The molecule has 24 heavy (non-hydrogen) atoms. The van der Waals surface area contributed by atoms with E-state index in [2.05, 4.69) is 95.2 Å². The molecular formula is C21H45SSn2. The van der Waals surface area contributed by atoms with Gasteiger partial charge in [-0.3, -0.25) is 0 Å². The third kappa shape index (κ3) is 285. The SMILES string of the molecule is C[C](C)C.C[C](C)C.C[C](C)C.C[C](C)C.S.[C]1=CC=CC1.[HH].[Sn].[Sn]. The van der Waals surface area contributed by atoms with E-state index in [9.17, 15) is 0 Å². The molecule has 0 aromatic carbocycles. The first-order valence-electron chi connectivity index (χ1n) is 7.72. The van der Waals surface area contributed by atoms with E-state index in [4.69, 9.17) is 0 Å². The Morgan fingerprint density at radius 3 is 0.875 bits per heavy atom. The third-order valence-electron chi connectivity index (χ3n) is 0.586. The summed E-state index contributed by atoms with van der Waals surface area (Å²) >= 11 is 0. The monoisotopic (exact) mass is 569 g/mol. The first-order chi connectivity index (χ1) is 9.43. The van der Waals surface area contributed by atoms with Gasteiger partial charge >= 0.3 is 0 Å². The Kier molecular flexibility index (Phi) is 73.5. The molecule has 0 aromatic rings. The first kappa shape index (κ1) is 44.7. The van der Waals surface area contributed by atoms with Gasteiger partial charge in [-0.1, -0.05) is 101 Å². The Morgan fingerprint density at radius 1 is 0.625 bits per heavy atom. The Labute approximate surface area is 199 Å². The van der Waals surface area contributed by atoms with Crippen LogP contribution >= 0.6 is 13.5 Å². The van der Waals surface area contributed by atoms with Crippen molar-refractivity contribution in [3.63, 3.8) is 0 Å². The van der Waals surface area contributed by atoms with Crippen molar-refractivity contribution in [2.24, 2.45) is 0 Å². The van der Waals surface area contributed by atoms with Gasteiger partial charge in [-0.25, -0.2) is 0 Å². The zero-order valence-electron chi connectivity index (χ0n) is 18.4. The van der Waals surface area contributed by atoms with Gasteiger partial charge in [0.1, 0.15) is 0 Å². The zero-order valence-corrected chi connectivity index (χ0v) is 25.1. The molecule has 0 saturated carbocycles. The molecule has 143 valence electrons. The summed E-state index contributed by atoms with van der Waals surface area (Å²) in [5, 5.41) is 0. The summed E-state index contributed by atoms with van der Waals surface area (Å²) in [5.41, 5.74) is 0. The Hall–Kier alpha value is 1.43. The quantitative estimate of drug-likeness (QED) is 0.268. The second kappa shape index (κ2) is 39.5.